The third kappa shape index (κ3) is 3.25. The molecule has 0 atom stereocenters. The van der Waals surface area contributed by atoms with E-state index in [1.165, 1.54) is 10.5 Å². The van der Waals surface area contributed by atoms with Gasteiger partial charge in [-0.3, -0.25) is 4.90 Å². The lowest BCUT2D eigenvalue weighted by Gasteiger charge is -2.15. The highest BCUT2D eigenvalue weighted by atomic mass is 16.2. The van der Waals surface area contributed by atoms with Crippen LogP contribution in [0.25, 0.3) is 0 Å². The first-order valence-corrected chi connectivity index (χ1v) is 4.92. The van der Waals surface area contributed by atoms with Crippen LogP contribution in [-0.2, 0) is 6.42 Å². The fourth-order valence-corrected chi connectivity index (χ4v) is 1.32. The molecule has 1 rings (SSSR count). The highest BCUT2D eigenvalue weighted by molar-refractivity contribution is 5.90. The predicted octanol–water partition coefficient (Wildman–Crippen LogP) is 0.963. The van der Waals surface area contributed by atoms with E-state index >= 15 is 0 Å². The van der Waals surface area contributed by atoms with Gasteiger partial charge in [0.1, 0.15) is 0 Å². The van der Waals surface area contributed by atoms with E-state index in [2.05, 4.69) is 5.32 Å². The number of benzene rings is 1. The highest BCUT2D eigenvalue weighted by Gasteiger charge is 2.05. The summed E-state index contributed by atoms with van der Waals surface area (Å²) in [6.45, 7) is 0.920. The van der Waals surface area contributed by atoms with Crippen molar-refractivity contribution in [2.45, 2.75) is 6.42 Å². The Labute approximate surface area is 90.1 Å². The Hall–Kier alpha value is -1.55. The minimum atomic E-state index is -0.444. The molecule has 0 bridgehead atoms. The number of hydrogen-bond acceptors (Lipinski definition) is 2. The number of urea groups is 1. The number of nitrogens with two attached hydrogens (primary N) is 1. The van der Waals surface area contributed by atoms with Gasteiger partial charge < -0.3 is 11.1 Å². The zero-order chi connectivity index (χ0) is 11.3. The molecule has 15 heavy (non-hydrogen) atoms. The van der Waals surface area contributed by atoms with Crippen molar-refractivity contribution < 1.29 is 4.79 Å². The predicted molar refractivity (Wildman–Crippen MR) is 62.1 cm³/mol. The normalized spacial score (nSPS) is 10.0. The van der Waals surface area contributed by atoms with E-state index in [0.29, 0.717) is 0 Å². The Morgan fingerprint density at radius 2 is 2.27 bits per heavy atom. The summed E-state index contributed by atoms with van der Waals surface area (Å²) in [6.07, 6.45) is 0.941. The standard InChI is InChI=1S/C11H17N3O/c1-13-7-6-9-4-3-5-10(8-9)14(2)11(12)15/h3-5,8,13H,6-7H2,1-2H3,(H2,12,15). The SMILES string of the molecule is CNCCc1cccc(N(C)C(N)=O)c1. The molecule has 0 unspecified atom stereocenters. The smallest absolute Gasteiger partial charge is 0.318 e. The lowest BCUT2D eigenvalue weighted by atomic mass is 10.1. The van der Waals surface area contributed by atoms with Crippen molar-refractivity contribution in [3.8, 4) is 0 Å². The molecule has 1 aromatic carbocycles. The average molecular weight is 207 g/mol. The van der Waals surface area contributed by atoms with Gasteiger partial charge in [-0.25, -0.2) is 4.79 Å². The summed E-state index contributed by atoms with van der Waals surface area (Å²) < 4.78 is 0. The monoisotopic (exact) mass is 207 g/mol. The summed E-state index contributed by atoms with van der Waals surface area (Å²) in [5.74, 6) is 0. The molecule has 0 aliphatic carbocycles. The van der Waals surface area contributed by atoms with Crippen molar-refractivity contribution in [3.05, 3.63) is 29.8 Å². The quantitative estimate of drug-likeness (QED) is 0.772. The van der Waals surface area contributed by atoms with Crippen LogP contribution in [0.5, 0.6) is 0 Å². The van der Waals surface area contributed by atoms with Gasteiger partial charge in [0.15, 0.2) is 0 Å². The number of carbonyl (C=O) groups excluding carboxylic acids is 1. The van der Waals surface area contributed by atoms with E-state index in [9.17, 15) is 4.79 Å². The molecular weight excluding hydrogens is 190 g/mol. The van der Waals surface area contributed by atoms with Crippen LogP contribution in [0.1, 0.15) is 5.56 Å². The van der Waals surface area contributed by atoms with Crippen LogP contribution in [0.4, 0.5) is 10.5 Å². The zero-order valence-corrected chi connectivity index (χ0v) is 9.16. The van der Waals surface area contributed by atoms with E-state index in [4.69, 9.17) is 5.73 Å². The summed E-state index contributed by atoms with van der Waals surface area (Å²) in [6, 6.07) is 7.37. The highest BCUT2D eigenvalue weighted by Crippen LogP contribution is 2.14. The summed E-state index contributed by atoms with van der Waals surface area (Å²) in [5.41, 5.74) is 7.21. The van der Waals surface area contributed by atoms with Crippen LogP contribution >= 0.6 is 0 Å². The lowest BCUT2D eigenvalue weighted by molar-refractivity contribution is 0.255. The number of likely N-dealkylation sites (N-methyl/N-ethyl adjacent to an activating group) is 1. The van der Waals surface area contributed by atoms with Crippen molar-refractivity contribution in [2.75, 3.05) is 25.5 Å². The van der Waals surface area contributed by atoms with E-state index in [-0.39, 0.29) is 0 Å². The van der Waals surface area contributed by atoms with Gasteiger partial charge in [-0.05, 0) is 37.7 Å². The van der Waals surface area contributed by atoms with Gasteiger partial charge in [0.05, 0.1) is 0 Å². The molecule has 0 radical (unpaired) electrons. The van der Waals surface area contributed by atoms with Crippen LogP contribution in [-0.4, -0.2) is 26.7 Å². The summed E-state index contributed by atoms with van der Waals surface area (Å²) >= 11 is 0. The molecule has 0 fully saturated rings. The van der Waals surface area contributed by atoms with Crippen molar-refractivity contribution in [3.63, 3.8) is 0 Å². The number of amides is 2. The fraction of sp³-hybridized carbons (Fsp3) is 0.364. The molecule has 0 saturated carbocycles. The van der Waals surface area contributed by atoms with E-state index < -0.39 is 6.03 Å². The molecule has 0 aliphatic heterocycles. The van der Waals surface area contributed by atoms with Crippen LogP contribution in [0.2, 0.25) is 0 Å². The number of primary amides is 1. The Morgan fingerprint density at radius 3 is 2.87 bits per heavy atom. The summed E-state index contributed by atoms with van der Waals surface area (Å²) in [7, 11) is 3.58. The Morgan fingerprint density at radius 1 is 1.53 bits per heavy atom. The maximum atomic E-state index is 11.0. The first kappa shape index (κ1) is 11.5. The fourth-order valence-electron chi connectivity index (χ4n) is 1.32. The van der Waals surface area contributed by atoms with E-state index in [0.717, 1.165) is 18.7 Å². The molecule has 0 aromatic heterocycles. The van der Waals surface area contributed by atoms with Gasteiger partial charge in [0.25, 0.3) is 0 Å². The minimum Gasteiger partial charge on any atom is -0.351 e. The molecular formula is C11H17N3O. The van der Waals surface area contributed by atoms with Gasteiger partial charge in [-0.2, -0.15) is 0 Å². The van der Waals surface area contributed by atoms with Crippen molar-refractivity contribution in [1.82, 2.24) is 5.32 Å². The molecule has 82 valence electrons. The molecule has 0 heterocycles. The number of nitrogens with one attached hydrogen (secondary N) is 1. The average Bonchev–Trinajstić information content (AvgIpc) is 2.25. The maximum absolute atomic E-state index is 11.0. The van der Waals surface area contributed by atoms with Gasteiger partial charge in [-0.15, -0.1) is 0 Å². The molecule has 2 amide bonds. The first-order chi connectivity index (χ1) is 7.15. The van der Waals surface area contributed by atoms with Gasteiger partial charge in [-0.1, -0.05) is 12.1 Å². The van der Waals surface area contributed by atoms with E-state index in [1.807, 2.05) is 31.3 Å². The Bertz CT molecular complexity index is 338. The third-order valence-corrected chi connectivity index (χ3v) is 2.29. The molecule has 4 heteroatoms. The molecule has 0 saturated heterocycles. The van der Waals surface area contributed by atoms with Crippen molar-refractivity contribution in [1.29, 1.82) is 0 Å². The number of carbonyl (C=O) groups is 1. The zero-order valence-electron chi connectivity index (χ0n) is 9.16. The molecule has 4 nitrogen and oxygen atoms in total. The largest absolute Gasteiger partial charge is 0.351 e. The Kier molecular flexibility index (Phi) is 4.12. The van der Waals surface area contributed by atoms with Crippen LogP contribution in [0.15, 0.2) is 24.3 Å². The van der Waals surface area contributed by atoms with Crippen molar-refractivity contribution >= 4 is 11.7 Å². The number of hydrogen-bond donors (Lipinski definition) is 2. The number of rotatable bonds is 4. The summed E-state index contributed by atoms with van der Waals surface area (Å²) in [5, 5.41) is 3.08. The summed E-state index contributed by atoms with van der Waals surface area (Å²) in [4.78, 5) is 12.4. The van der Waals surface area contributed by atoms with Crippen LogP contribution in [0.3, 0.4) is 0 Å². The molecule has 1 aromatic rings. The lowest BCUT2D eigenvalue weighted by Crippen LogP contribution is -2.31. The van der Waals surface area contributed by atoms with Crippen LogP contribution in [0, 0.1) is 0 Å². The number of nitrogens with zero attached hydrogens (tertiary/aromatic N) is 1. The molecule has 3 N–H and O–H groups in total. The maximum Gasteiger partial charge on any atom is 0.318 e. The number of anilines is 1. The van der Waals surface area contributed by atoms with Gasteiger partial charge in [0.2, 0.25) is 0 Å². The second-order valence-corrected chi connectivity index (χ2v) is 3.42. The van der Waals surface area contributed by atoms with Crippen molar-refractivity contribution in [2.24, 2.45) is 5.73 Å². The van der Waals surface area contributed by atoms with Gasteiger partial charge >= 0.3 is 6.03 Å². The third-order valence-electron chi connectivity index (χ3n) is 2.29. The van der Waals surface area contributed by atoms with Gasteiger partial charge in [0, 0.05) is 12.7 Å². The Balaban J connectivity index is 2.77. The first-order valence-electron chi connectivity index (χ1n) is 4.92. The van der Waals surface area contributed by atoms with Crippen LogP contribution < -0.4 is 16.0 Å². The van der Waals surface area contributed by atoms with E-state index in [1.54, 1.807) is 7.05 Å². The second kappa shape index (κ2) is 5.36. The second-order valence-electron chi connectivity index (χ2n) is 3.42. The topological polar surface area (TPSA) is 58.4 Å². The molecule has 0 spiro atoms. The molecule has 0 aliphatic rings. The minimum absolute atomic E-state index is 0.444.